The Labute approximate surface area is 226 Å². The molecule has 1 aliphatic heterocycles. The van der Waals surface area contributed by atoms with Gasteiger partial charge in [0.25, 0.3) is 0 Å². The first-order valence-corrected chi connectivity index (χ1v) is 12.8. The SMILES string of the molecule is CCc1nc(/C=N/N(C)c2ncc(F)c(N3CCOCC3)n2)ccc1Nc1ccc(-c2cccc(O)c2)cc1. The van der Waals surface area contributed by atoms with Crippen molar-refractivity contribution in [2.24, 2.45) is 5.10 Å². The minimum Gasteiger partial charge on any atom is -0.508 e. The second kappa shape index (κ2) is 11.9. The van der Waals surface area contributed by atoms with E-state index >= 15 is 0 Å². The number of nitrogens with zero attached hydrogens (tertiary/aromatic N) is 6. The molecule has 0 saturated carbocycles. The largest absolute Gasteiger partial charge is 0.508 e. The van der Waals surface area contributed by atoms with Gasteiger partial charge in [-0.1, -0.05) is 31.2 Å². The molecule has 39 heavy (non-hydrogen) atoms. The first-order valence-electron chi connectivity index (χ1n) is 12.8. The molecule has 0 unspecified atom stereocenters. The zero-order chi connectivity index (χ0) is 27.2. The Hall–Kier alpha value is -4.57. The van der Waals surface area contributed by atoms with Gasteiger partial charge in [-0.25, -0.2) is 19.4 Å². The number of ether oxygens (including phenoxy) is 1. The number of aryl methyl sites for hydroxylation is 1. The van der Waals surface area contributed by atoms with Crippen molar-refractivity contribution in [2.75, 3.05) is 48.6 Å². The van der Waals surface area contributed by atoms with Crippen molar-refractivity contribution < 1.29 is 14.2 Å². The second-order valence-electron chi connectivity index (χ2n) is 9.05. The molecule has 2 N–H and O–H groups in total. The Kier molecular flexibility index (Phi) is 7.93. The molecule has 0 bridgehead atoms. The predicted octanol–water partition coefficient (Wildman–Crippen LogP) is 5.00. The van der Waals surface area contributed by atoms with Crippen molar-refractivity contribution in [3.05, 3.63) is 84.1 Å². The standard InChI is InChI=1S/C29H30FN7O2/c1-3-26-27(33-22-9-7-20(8-10-22)21-5-4-6-24(38)17-21)12-11-23(34-26)18-32-36(2)29-31-19-25(30)28(35-29)37-13-15-39-16-14-37/h4-12,17-19,33,38H,3,13-16H2,1-2H3/b32-18+. The number of anilines is 4. The minimum atomic E-state index is -0.468. The summed E-state index contributed by atoms with van der Waals surface area (Å²) in [6.45, 7) is 4.27. The third-order valence-electron chi connectivity index (χ3n) is 6.35. The Morgan fingerprint density at radius 2 is 1.87 bits per heavy atom. The van der Waals surface area contributed by atoms with Gasteiger partial charge in [0.05, 0.1) is 42.7 Å². The molecule has 0 spiro atoms. The topological polar surface area (TPSA) is 99.0 Å². The van der Waals surface area contributed by atoms with E-state index in [2.05, 4.69) is 20.4 Å². The number of hydrogen-bond donors (Lipinski definition) is 2. The number of benzene rings is 2. The molecule has 0 radical (unpaired) electrons. The van der Waals surface area contributed by atoms with Gasteiger partial charge in [-0.15, -0.1) is 0 Å². The highest BCUT2D eigenvalue weighted by molar-refractivity contribution is 5.79. The van der Waals surface area contributed by atoms with E-state index in [1.165, 1.54) is 11.2 Å². The van der Waals surface area contributed by atoms with E-state index in [4.69, 9.17) is 9.72 Å². The lowest BCUT2D eigenvalue weighted by molar-refractivity contribution is 0.122. The molecule has 2 aromatic heterocycles. The predicted molar refractivity (Wildman–Crippen MR) is 151 cm³/mol. The number of aromatic hydroxyl groups is 1. The highest BCUT2D eigenvalue weighted by Crippen LogP contribution is 2.27. The van der Waals surface area contributed by atoms with E-state index in [-0.39, 0.29) is 17.5 Å². The van der Waals surface area contributed by atoms with Crippen molar-refractivity contribution in [3.63, 3.8) is 0 Å². The molecule has 9 nitrogen and oxygen atoms in total. The zero-order valence-electron chi connectivity index (χ0n) is 21.9. The molecule has 200 valence electrons. The van der Waals surface area contributed by atoms with Crippen LogP contribution in [0.15, 0.2) is 72.0 Å². The smallest absolute Gasteiger partial charge is 0.248 e. The van der Waals surface area contributed by atoms with Crippen LogP contribution in [0.3, 0.4) is 0 Å². The van der Waals surface area contributed by atoms with E-state index in [1.54, 1.807) is 25.4 Å². The van der Waals surface area contributed by atoms with Crippen LogP contribution in [0, 0.1) is 5.82 Å². The van der Waals surface area contributed by atoms with Gasteiger partial charge in [0.15, 0.2) is 11.6 Å². The summed E-state index contributed by atoms with van der Waals surface area (Å²) in [6, 6.07) is 19.1. The molecule has 4 aromatic rings. The minimum absolute atomic E-state index is 0.242. The average Bonchev–Trinajstić information content (AvgIpc) is 2.97. The highest BCUT2D eigenvalue weighted by Gasteiger charge is 2.19. The van der Waals surface area contributed by atoms with Crippen LogP contribution in [0.4, 0.5) is 27.5 Å². The summed E-state index contributed by atoms with van der Waals surface area (Å²) in [5.74, 6) is 0.315. The molecule has 0 amide bonds. The van der Waals surface area contributed by atoms with Gasteiger partial charge in [-0.3, -0.25) is 0 Å². The summed E-state index contributed by atoms with van der Waals surface area (Å²) in [4.78, 5) is 15.1. The highest BCUT2D eigenvalue weighted by atomic mass is 19.1. The molecule has 1 fully saturated rings. The molecular formula is C29H30FN7O2. The molecule has 5 rings (SSSR count). The Bertz CT molecular complexity index is 1460. The molecular weight excluding hydrogens is 497 g/mol. The van der Waals surface area contributed by atoms with Gasteiger partial charge < -0.3 is 20.1 Å². The molecule has 0 aliphatic carbocycles. The van der Waals surface area contributed by atoms with Gasteiger partial charge in [0.1, 0.15) is 5.75 Å². The lowest BCUT2D eigenvalue weighted by Gasteiger charge is -2.28. The molecule has 2 aromatic carbocycles. The summed E-state index contributed by atoms with van der Waals surface area (Å²) in [5, 5.41) is 19.1. The van der Waals surface area contributed by atoms with Gasteiger partial charge in [-0.2, -0.15) is 10.1 Å². The van der Waals surface area contributed by atoms with Crippen molar-refractivity contribution in [1.82, 2.24) is 15.0 Å². The normalized spacial score (nSPS) is 13.6. The third-order valence-corrected chi connectivity index (χ3v) is 6.35. The first kappa shape index (κ1) is 26.1. The van der Waals surface area contributed by atoms with Gasteiger partial charge >= 0.3 is 0 Å². The van der Waals surface area contributed by atoms with Crippen molar-refractivity contribution in [1.29, 1.82) is 0 Å². The van der Waals surface area contributed by atoms with E-state index in [1.807, 2.05) is 60.4 Å². The number of nitrogens with one attached hydrogen (secondary N) is 1. The van der Waals surface area contributed by atoms with Crippen LogP contribution in [-0.4, -0.2) is 59.6 Å². The van der Waals surface area contributed by atoms with E-state index in [0.717, 1.165) is 34.6 Å². The zero-order valence-corrected chi connectivity index (χ0v) is 21.9. The maximum atomic E-state index is 14.4. The van der Waals surface area contributed by atoms with Crippen LogP contribution in [0.2, 0.25) is 0 Å². The summed E-state index contributed by atoms with van der Waals surface area (Å²) in [6.07, 6.45) is 3.53. The van der Waals surface area contributed by atoms with E-state index in [0.29, 0.717) is 32.0 Å². The van der Waals surface area contributed by atoms with Crippen molar-refractivity contribution in [2.45, 2.75) is 13.3 Å². The molecule has 1 aliphatic rings. The lowest BCUT2D eigenvalue weighted by atomic mass is 10.1. The van der Waals surface area contributed by atoms with Crippen LogP contribution in [-0.2, 0) is 11.2 Å². The van der Waals surface area contributed by atoms with Gasteiger partial charge in [-0.05, 0) is 53.9 Å². The first-order chi connectivity index (χ1) is 19.0. The third kappa shape index (κ3) is 6.29. The van der Waals surface area contributed by atoms with Crippen molar-refractivity contribution >= 4 is 29.4 Å². The summed E-state index contributed by atoms with van der Waals surface area (Å²) < 4.78 is 19.7. The van der Waals surface area contributed by atoms with E-state index in [9.17, 15) is 9.50 Å². The number of aromatic nitrogens is 3. The van der Waals surface area contributed by atoms with Crippen LogP contribution in [0.1, 0.15) is 18.3 Å². The average molecular weight is 528 g/mol. The summed E-state index contributed by atoms with van der Waals surface area (Å²) in [7, 11) is 1.71. The van der Waals surface area contributed by atoms with Gasteiger partial charge in [0.2, 0.25) is 5.95 Å². The second-order valence-corrected chi connectivity index (χ2v) is 9.05. The molecule has 0 atom stereocenters. The monoisotopic (exact) mass is 527 g/mol. The number of hydrazone groups is 1. The summed E-state index contributed by atoms with van der Waals surface area (Å²) >= 11 is 0. The number of pyridine rings is 1. The Morgan fingerprint density at radius 3 is 2.62 bits per heavy atom. The Balaban J connectivity index is 1.27. The number of phenols is 1. The molecule has 10 heteroatoms. The number of hydrogen-bond acceptors (Lipinski definition) is 9. The number of rotatable bonds is 8. The van der Waals surface area contributed by atoms with Crippen LogP contribution < -0.4 is 15.2 Å². The molecule has 1 saturated heterocycles. The van der Waals surface area contributed by atoms with Gasteiger partial charge in [0, 0.05) is 25.8 Å². The maximum absolute atomic E-state index is 14.4. The quantitative estimate of drug-likeness (QED) is 0.244. The van der Waals surface area contributed by atoms with Crippen LogP contribution in [0.25, 0.3) is 11.1 Å². The number of morpholine rings is 1. The van der Waals surface area contributed by atoms with Crippen LogP contribution in [0.5, 0.6) is 5.75 Å². The Morgan fingerprint density at radius 1 is 1.08 bits per heavy atom. The maximum Gasteiger partial charge on any atom is 0.248 e. The molecule has 3 heterocycles. The number of halogens is 1. The fourth-order valence-corrected chi connectivity index (χ4v) is 4.26. The van der Waals surface area contributed by atoms with Crippen molar-refractivity contribution in [3.8, 4) is 16.9 Å². The van der Waals surface area contributed by atoms with E-state index < -0.39 is 5.82 Å². The number of phenolic OH excluding ortho intramolecular Hbond substituents is 1. The fraction of sp³-hybridized carbons (Fsp3) is 0.241. The summed E-state index contributed by atoms with van der Waals surface area (Å²) in [5.41, 5.74) is 5.38. The lowest BCUT2D eigenvalue weighted by Crippen LogP contribution is -2.37. The van der Waals surface area contributed by atoms with Crippen LogP contribution >= 0.6 is 0 Å². The fourth-order valence-electron chi connectivity index (χ4n) is 4.26.